The van der Waals surface area contributed by atoms with Gasteiger partial charge in [-0.2, -0.15) is 0 Å². The molecule has 1 aromatic carbocycles. The van der Waals surface area contributed by atoms with Gasteiger partial charge in [-0.3, -0.25) is 4.79 Å². The van der Waals surface area contributed by atoms with E-state index in [0.717, 1.165) is 23.4 Å². The van der Waals surface area contributed by atoms with Crippen molar-refractivity contribution in [1.29, 1.82) is 0 Å². The molecule has 1 fully saturated rings. The molecule has 3 rings (SSSR count). The molecule has 5 heteroatoms. The molecule has 1 amide bonds. The van der Waals surface area contributed by atoms with Crippen LogP contribution < -0.4 is 5.32 Å². The molecule has 0 spiro atoms. The summed E-state index contributed by atoms with van der Waals surface area (Å²) in [6.07, 6.45) is 1.99. The second-order valence-corrected chi connectivity index (χ2v) is 6.08. The molecule has 1 saturated carbocycles. The smallest absolute Gasteiger partial charge is 0.223 e. The number of nitrogens with zero attached hydrogens (tertiary/aromatic N) is 1. The van der Waals surface area contributed by atoms with Gasteiger partial charge in [0, 0.05) is 16.4 Å². The van der Waals surface area contributed by atoms with Crippen LogP contribution in [0.4, 0.5) is 4.39 Å². The normalized spacial score (nSPS) is 14.3. The minimum Gasteiger partial charge on any atom is -0.351 e. The van der Waals surface area contributed by atoms with Gasteiger partial charge in [-0.1, -0.05) is 12.1 Å². The van der Waals surface area contributed by atoms with E-state index < -0.39 is 0 Å². The number of hydrogen-bond acceptors (Lipinski definition) is 3. The average molecular weight is 290 g/mol. The van der Waals surface area contributed by atoms with Gasteiger partial charge in [0.1, 0.15) is 10.8 Å². The van der Waals surface area contributed by atoms with Gasteiger partial charge in [0.05, 0.1) is 12.2 Å². The summed E-state index contributed by atoms with van der Waals surface area (Å²) in [6, 6.07) is 6.61. The van der Waals surface area contributed by atoms with Gasteiger partial charge < -0.3 is 5.32 Å². The monoisotopic (exact) mass is 290 g/mol. The van der Waals surface area contributed by atoms with E-state index >= 15 is 0 Å². The summed E-state index contributed by atoms with van der Waals surface area (Å²) in [5.41, 5.74) is 1.37. The molecule has 0 radical (unpaired) electrons. The summed E-state index contributed by atoms with van der Waals surface area (Å²) in [5.74, 6) is 0.0503. The molecule has 0 saturated heterocycles. The van der Waals surface area contributed by atoms with Crippen LogP contribution in [-0.4, -0.2) is 10.9 Å². The van der Waals surface area contributed by atoms with Gasteiger partial charge in [0.15, 0.2) is 0 Å². The SMILES string of the molecule is Cc1nc(-c2ccccc2F)sc1CNC(=O)C1CC1. The predicted octanol–water partition coefficient (Wildman–Crippen LogP) is 3.28. The molecule has 0 bridgehead atoms. The zero-order valence-corrected chi connectivity index (χ0v) is 12.0. The summed E-state index contributed by atoms with van der Waals surface area (Å²) < 4.78 is 13.7. The summed E-state index contributed by atoms with van der Waals surface area (Å²) in [6.45, 7) is 2.37. The highest BCUT2D eigenvalue weighted by Crippen LogP contribution is 2.31. The minimum absolute atomic E-state index is 0.116. The Morgan fingerprint density at radius 3 is 2.90 bits per heavy atom. The fraction of sp³-hybridized carbons (Fsp3) is 0.333. The number of carbonyl (C=O) groups excluding carboxylic acids is 1. The Morgan fingerprint density at radius 2 is 2.20 bits per heavy atom. The van der Waals surface area contributed by atoms with Crippen molar-refractivity contribution in [3.05, 3.63) is 40.7 Å². The molecule has 0 aliphatic heterocycles. The maximum absolute atomic E-state index is 13.7. The Bertz CT molecular complexity index is 649. The molecule has 0 unspecified atom stereocenters. The molecular weight excluding hydrogens is 275 g/mol. The van der Waals surface area contributed by atoms with E-state index in [-0.39, 0.29) is 17.6 Å². The first kappa shape index (κ1) is 13.2. The fourth-order valence-corrected chi connectivity index (χ4v) is 3.03. The van der Waals surface area contributed by atoms with Crippen LogP contribution in [0.1, 0.15) is 23.4 Å². The molecule has 1 heterocycles. The van der Waals surface area contributed by atoms with E-state index in [1.807, 2.05) is 6.92 Å². The van der Waals surface area contributed by atoms with Gasteiger partial charge >= 0.3 is 0 Å². The highest BCUT2D eigenvalue weighted by atomic mass is 32.1. The van der Waals surface area contributed by atoms with Crippen LogP contribution in [0.15, 0.2) is 24.3 Å². The van der Waals surface area contributed by atoms with Crippen LogP contribution in [0.2, 0.25) is 0 Å². The van der Waals surface area contributed by atoms with Crippen molar-refractivity contribution in [2.45, 2.75) is 26.3 Å². The van der Waals surface area contributed by atoms with Crippen LogP contribution >= 0.6 is 11.3 Å². The second-order valence-electron chi connectivity index (χ2n) is 5.00. The number of thiazole rings is 1. The van der Waals surface area contributed by atoms with Gasteiger partial charge in [-0.05, 0) is 31.9 Å². The van der Waals surface area contributed by atoms with E-state index in [0.29, 0.717) is 17.1 Å². The molecule has 1 aromatic heterocycles. The van der Waals surface area contributed by atoms with E-state index in [1.165, 1.54) is 17.4 Å². The lowest BCUT2D eigenvalue weighted by Crippen LogP contribution is -2.23. The largest absolute Gasteiger partial charge is 0.351 e. The van der Waals surface area contributed by atoms with Gasteiger partial charge in [-0.25, -0.2) is 9.37 Å². The van der Waals surface area contributed by atoms with Crippen molar-refractivity contribution in [3.8, 4) is 10.6 Å². The Hall–Kier alpha value is -1.75. The number of aryl methyl sites for hydroxylation is 1. The lowest BCUT2D eigenvalue weighted by atomic mass is 10.2. The number of hydrogen-bond donors (Lipinski definition) is 1. The first-order valence-corrected chi connectivity index (χ1v) is 7.45. The van der Waals surface area contributed by atoms with Gasteiger partial charge in [0.2, 0.25) is 5.91 Å². The Kier molecular flexibility index (Phi) is 3.53. The Balaban J connectivity index is 1.76. The van der Waals surface area contributed by atoms with Crippen molar-refractivity contribution in [2.75, 3.05) is 0 Å². The third-order valence-electron chi connectivity index (χ3n) is 3.37. The predicted molar refractivity (Wildman–Crippen MR) is 76.8 cm³/mol. The molecule has 2 aromatic rings. The number of carbonyl (C=O) groups is 1. The van der Waals surface area contributed by atoms with Crippen molar-refractivity contribution >= 4 is 17.2 Å². The lowest BCUT2D eigenvalue weighted by Gasteiger charge is -2.01. The number of aromatic nitrogens is 1. The number of amides is 1. The number of nitrogens with one attached hydrogen (secondary N) is 1. The van der Waals surface area contributed by atoms with Gasteiger partial charge in [-0.15, -0.1) is 11.3 Å². The molecule has 1 aliphatic rings. The molecule has 3 nitrogen and oxygen atoms in total. The van der Waals surface area contributed by atoms with Crippen molar-refractivity contribution in [3.63, 3.8) is 0 Å². The summed E-state index contributed by atoms with van der Waals surface area (Å²) in [7, 11) is 0. The van der Waals surface area contributed by atoms with Crippen LogP contribution in [0.25, 0.3) is 10.6 Å². The number of halogens is 1. The number of rotatable bonds is 4. The van der Waals surface area contributed by atoms with Crippen LogP contribution in [-0.2, 0) is 11.3 Å². The quantitative estimate of drug-likeness (QED) is 0.939. The summed E-state index contributed by atoms with van der Waals surface area (Å²) >= 11 is 1.44. The highest BCUT2D eigenvalue weighted by molar-refractivity contribution is 7.15. The standard InChI is InChI=1S/C15H15FN2OS/c1-9-13(8-17-14(19)10-6-7-10)20-15(18-9)11-4-2-3-5-12(11)16/h2-5,10H,6-8H2,1H3,(H,17,19). The molecule has 1 N–H and O–H groups in total. The Labute approximate surface area is 120 Å². The topological polar surface area (TPSA) is 42.0 Å². The second kappa shape index (κ2) is 5.32. The van der Waals surface area contributed by atoms with Crippen LogP contribution in [0.5, 0.6) is 0 Å². The van der Waals surface area contributed by atoms with E-state index in [9.17, 15) is 9.18 Å². The maximum Gasteiger partial charge on any atom is 0.223 e. The third-order valence-corrected chi connectivity index (χ3v) is 4.56. The first-order chi connectivity index (χ1) is 9.65. The third kappa shape index (κ3) is 2.72. The van der Waals surface area contributed by atoms with E-state index in [1.54, 1.807) is 18.2 Å². The van der Waals surface area contributed by atoms with Crippen LogP contribution in [0, 0.1) is 18.7 Å². The Morgan fingerprint density at radius 1 is 1.45 bits per heavy atom. The summed E-state index contributed by atoms with van der Waals surface area (Å²) in [5, 5.41) is 3.58. The molecular formula is C15H15FN2OS. The fourth-order valence-electron chi connectivity index (χ4n) is 2.00. The first-order valence-electron chi connectivity index (χ1n) is 6.64. The van der Waals surface area contributed by atoms with Crippen molar-refractivity contribution in [2.24, 2.45) is 5.92 Å². The van der Waals surface area contributed by atoms with Crippen molar-refractivity contribution in [1.82, 2.24) is 10.3 Å². The van der Waals surface area contributed by atoms with Crippen LogP contribution in [0.3, 0.4) is 0 Å². The maximum atomic E-state index is 13.7. The molecule has 1 aliphatic carbocycles. The molecule has 20 heavy (non-hydrogen) atoms. The molecule has 104 valence electrons. The zero-order chi connectivity index (χ0) is 14.1. The number of benzene rings is 1. The lowest BCUT2D eigenvalue weighted by molar-refractivity contribution is -0.122. The van der Waals surface area contributed by atoms with E-state index in [2.05, 4.69) is 10.3 Å². The summed E-state index contributed by atoms with van der Waals surface area (Å²) in [4.78, 5) is 17.0. The molecule has 0 atom stereocenters. The average Bonchev–Trinajstić information content (AvgIpc) is 3.21. The van der Waals surface area contributed by atoms with E-state index in [4.69, 9.17) is 0 Å². The highest BCUT2D eigenvalue weighted by Gasteiger charge is 2.29. The van der Waals surface area contributed by atoms with Crippen molar-refractivity contribution < 1.29 is 9.18 Å². The van der Waals surface area contributed by atoms with Gasteiger partial charge in [0.25, 0.3) is 0 Å². The minimum atomic E-state index is -0.269. The zero-order valence-electron chi connectivity index (χ0n) is 11.1.